The van der Waals surface area contributed by atoms with Crippen molar-refractivity contribution < 1.29 is 4.79 Å². The minimum absolute atomic E-state index is 0. The lowest BCUT2D eigenvalue weighted by Gasteiger charge is -2.15. The van der Waals surface area contributed by atoms with Gasteiger partial charge in [0.15, 0.2) is 5.13 Å². The van der Waals surface area contributed by atoms with Crippen LogP contribution in [-0.2, 0) is 12.8 Å². The Kier molecular flexibility index (Phi) is 4.70. The number of H-pyrrole nitrogens is 1. The van der Waals surface area contributed by atoms with Gasteiger partial charge in [0.2, 0.25) is 0 Å². The first kappa shape index (κ1) is 15.3. The van der Waals surface area contributed by atoms with Crippen LogP contribution in [0.5, 0.6) is 0 Å². The van der Waals surface area contributed by atoms with Crippen molar-refractivity contribution in [2.45, 2.75) is 25.3 Å². The minimum atomic E-state index is -0.234. The Hall–Kier alpha value is -1.08. The maximum absolute atomic E-state index is 11.9. The average molecular weight is 333 g/mol. The van der Waals surface area contributed by atoms with Crippen molar-refractivity contribution in [2.75, 3.05) is 5.32 Å². The van der Waals surface area contributed by atoms with Crippen LogP contribution < -0.4 is 11.1 Å². The molecule has 3 rings (SSSR count). The molecule has 1 atom stereocenters. The molecule has 0 saturated heterocycles. The molecule has 0 saturated carbocycles. The van der Waals surface area contributed by atoms with Crippen molar-refractivity contribution in [3.05, 3.63) is 33.6 Å². The second kappa shape index (κ2) is 6.13. The van der Waals surface area contributed by atoms with Crippen molar-refractivity contribution in [1.82, 2.24) is 9.97 Å². The zero-order chi connectivity index (χ0) is 13.4. The van der Waals surface area contributed by atoms with Crippen molar-refractivity contribution >= 4 is 46.4 Å². The van der Waals surface area contributed by atoms with Crippen LogP contribution in [0.25, 0.3) is 0 Å². The molecule has 4 N–H and O–H groups in total. The molecule has 8 heteroatoms. The highest BCUT2D eigenvalue weighted by Gasteiger charge is 2.21. The first-order chi connectivity index (χ1) is 9.11. The largest absolute Gasteiger partial charge is 0.356 e. The number of aromatic amines is 1. The van der Waals surface area contributed by atoms with Crippen LogP contribution in [0.15, 0.2) is 12.3 Å². The molecule has 2 aromatic heterocycles. The van der Waals surface area contributed by atoms with Crippen LogP contribution in [0, 0.1) is 0 Å². The number of fused-ring (bicyclic) bond motifs is 1. The number of rotatable bonds is 2. The number of hydrogen-bond acceptors (Lipinski definition) is 4. The molecule has 20 heavy (non-hydrogen) atoms. The summed E-state index contributed by atoms with van der Waals surface area (Å²) >= 11 is 7.27. The van der Waals surface area contributed by atoms with Gasteiger partial charge in [-0.25, -0.2) is 4.98 Å². The van der Waals surface area contributed by atoms with Crippen LogP contribution in [0.2, 0.25) is 5.02 Å². The lowest BCUT2D eigenvalue weighted by atomic mass is 9.99. The molecule has 1 aliphatic carbocycles. The summed E-state index contributed by atoms with van der Waals surface area (Å²) in [6, 6.07) is 1.79. The maximum Gasteiger partial charge on any atom is 0.273 e. The van der Waals surface area contributed by atoms with Gasteiger partial charge in [-0.3, -0.25) is 10.1 Å². The molecular weight excluding hydrogens is 319 g/mol. The fraction of sp³-hybridized carbons (Fsp3) is 0.333. The summed E-state index contributed by atoms with van der Waals surface area (Å²) in [5.74, 6) is -0.234. The number of hydrogen-bond donors (Lipinski definition) is 3. The molecule has 1 aliphatic rings. The molecule has 108 valence electrons. The van der Waals surface area contributed by atoms with Crippen LogP contribution in [0.4, 0.5) is 5.13 Å². The molecule has 2 heterocycles. The van der Waals surface area contributed by atoms with E-state index in [4.69, 9.17) is 17.3 Å². The normalized spacial score (nSPS) is 17.2. The van der Waals surface area contributed by atoms with Gasteiger partial charge in [0.1, 0.15) is 5.69 Å². The van der Waals surface area contributed by atoms with Crippen molar-refractivity contribution in [2.24, 2.45) is 5.73 Å². The second-order valence-electron chi connectivity index (χ2n) is 4.58. The van der Waals surface area contributed by atoms with E-state index in [9.17, 15) is 4.79 Å². The van der Waals surface area contributed by atoms with Gasteiger partial charge in [0.05, 0.1) is 10.7 Å². The number of carbonyl (C=O) groups excluding carboxylic acids is 1. The topological polar surface area (TPSA) is 83.8 Å². The summed E-state index contributed by atoms with van der Waals surface area (Å²) in [7, 11) is 0. The molecule has 0 aromatic carbocycles. The number of halogens is 2. The number of aromatic nitrogens is 2. The van der Waals surface area contributed by atoms with Crippen molar-refractivity contribution in [1.29, 1.82) is 0 Å². The molecular formula is C12H14Cl2N4OS. The van der Waals surface area contributed by atoms with Crippen LogP contribution in [-0.4, -0.2) is 21.9 Å². The van der Waals surface area contributed by atoms with Crippen LogP contribution >= 0.6 is 35.3 Å². The van der Waals surface area contributed by atoms with Gasteiger partial charge >= 0.3 is 0 Å². The number of thiazole rings is 1. The van der Waals surface area contributed by atoms with Gasteiger partial charge in [0, 0.05) is 17.1 Å². The second-order valence-corrected chi connectivity index (χ2v) is 6.10. The monoisotopic (exact) mass is 332 g/mol. The molecule has 2 aromatic rings. The van der Waals surface area contributed by atoms with E-state index in [1.165, 1.54) is 16.2 Å². The smallest absolute Gasteiger partial charge is 0.273 e. The highest BCUT2D eigenvalue weighted by Crippen LogP contribution is 2.29. The van der Waals surface area contributed by atoms with Crippen LogP contribution in [0.1, 0.15) is 27.5 Å². The quantitative estimate of drug-likeness (QED) is 0.790. The highest BCUT2D eigenvalue weighted by molar-refractivity contribution is 7.15. The zero-order valence-corrected chi connectivity index (χ0v) is 12.9. The van der Waals surface area contributed by atoms with E-state index >= 15 is 0 Å². The van der Waals surface area contributed by atoms with Gasteiger partial charge in [-0.15, -0.1) is 23.7 Å². The SMILES string of the molecule is Cl.N[C@H]1CCc2nc(NC(=O)c3cc(Cl)c[nH]3)sc2C1. The Morgan fingerprint density at radius 3 is 3.10 bits per heavy atom. The average Bonchev–Trinajstić information content (AvgIpc) is 2.94. The Morgan fingerprint density at radius 1 is 1.60 bits per heavy atom. The van der Waals surface area contributed by atoms with E-state index in [0.717, 1.165) is 25.0 Å². The van der Waals surface area contributed by atoms with E-state index in [1.807, 2.05) is 0 Å². The van der Waals surface area contributed by atoms with Crippen LogP contribution in [0.3, 0.4) is 0 Å². The molecule has 5 nitrogen and oxygen atoms in total. The van der Waals surface area contributed by atoms with Gasteiger partial charge in [-0.1, -0.05) is 11.6 Å². The summed E-state index contributed by atoms with van der Waals surface area (Å²) < 4.78 is 0. The van der Waals surface area contributed by atoms with Crippen molar-refractivity contribution in [3.63, 3.8) is 0 Å². The number of aryl methyl sites for hydroxylation is 1. The summed E-state index contributed by atoms with van der Waals surface area (Å²) in [6.45, 7) is 0. The highest BCUT2D eigenvalue weighted by atomic mass is 35.5. The van der Waals surface area contributed by atoms with E-state index in [-0.39, 0.29) is 24.4 Å². The Morgan fingerprint density at radius 2 is 2.40 bits per heavy atom. The summed E-state index contributed by atoms with van der Waals surface area (Å²) in [4.78, 5) is 20.4. The number of anilines is 1. The Labute approximate surface area is 131 Å². The lowest BCUT2D eigenvalue weighted by molar-refractivity contribution is 0.102. The van der Waals surface area contributed by atoms with Gasteiger partial charge in [-0.05, 0) is 25.3 Å². The fourth-order valence-corrected chi connectivity index (χ4v) is 3.38. The number of nitrogens with two attached hydrogens (primary N) is 1. The minimum Gasteiger partial charge on any atom is -0.356 e. The molecule has 0 radical (unpaired) electrons. The zero-order valence-electron chi connectivity index (χ0n) is 10.5. The maximum atomic E-state index is 11.9. The lowest BCUT2D eigenvalue weighted by Crippen LogP contribution is -2.27. The predicted molar refractivity (Wildman–Crippen MR) is 83.1 cm³/mol. The first-order valence-corrected chi connectivity index (χ1v) is 7.20. The van der Waals surface area contributed by atoms with Gasteiger partial charge in [-0.2, -0.15) is 0 Å². The van der Waals surface area contributed by atoms with E-state index < -0.39 is 0 Å². The third-order valence-electron chi connectivity index (χ3n) is 3.09. The summed E-state index contributed by atoms with van der Waals surface area (Å²) in [5, 5.41) is 3.91. The number of nitrogens with one attached hydrogen (secondary N) is 2. The number of nitrogens with zero attached hydrogens (tertiary/aromatic N) is 1. The molecule has 0 bridgehead atoms. The third kappa shape index (κ3) is 3.15. The molecule has 0 aliphatic heterocycles. The van der Waals surface area contributed by atoms with E-state index in [0.29, 0.717) is 15.8 Å². The number of amides is 1. The first-order valence-electron chi connectivity index (χ1n) is 6.01. The third-order valence-corrected chi connectivity index (χ3v) is 4.34. The molecule has 0 spiro atoms. The molecule has 0 fully saturated rings. The summed E-state index contributed by atoms with van der Waals surface area (Å²) in [5.41, 5.74) is 7.41. The Balaban J connectivity index is 0.00000147. The van der Waals surface area contributed by atoms with Gasteiger partial charge in [0.25, 0.3) is 5.91 Å². The predicted octanol–water partition coefficient (Wildman–Crippen LogP) is 2.61. The fourth-order valence-electron chi connectivity index (χ4n) is 2.12. The van der Waals surface area contributed by atoms with E-state index in [1.54, 1.807) is 12.3 Å². The van der Waals surface area contributed by atoms with Gasteiger partial charge < -0.3 is 10.7 Å². The van der Waals surface area contributed by atoms with Crippen molar-refractivity contribution in [3.8, 4) is 0 Å². The molecule has 0 unspecified atom stereocenters. The standard InChI is InChI=1S/C12H13ClN4OS.ClH/c13-6-3-9(15-5-6)11(18)17-12-16-8-2-1-7(14)4-10(8)19-12;/h3,5,7,15H,1-2,4,14H2,(H,16,17,18);1H/t7-;/m0./s1. The Bertz CT molecular complexity index is 625. The summed E-state index contributed by atoms with van der Waals surface area (Å²) in [6.07, 6.45) is 4.26. The van der Waals surface area contributed by atoms with E-state index in [2.05, 4.69) is 15.3 Å². The molecule has 1 amide bonds. The number of carbonyl (C=O) groups is 1.